The van der Waals surface area contributed by atoms with Gasteiger partial charge in [-0.25, -0.2) is 9.67 Å². The fourth-order valence-electron chi connectivity index (χ4n) is 1.79. The Hall–Kier alpha value is -2.51. The van der Waals surface area contributed by atoms with Gasteiger partial charge >= 0.3 is 6.55 Å². The number of rotatable bonds is 3. The van der Waals surface area contributed by atoms with E-state index < -0.39 is 6.55 Å². The lowest BCUT2D eigenvalue weighted by atomic mass is 10.3. The Bertz CT molecular complexity index is 717. The summed E-state index contributed by atoms with van der Waals surface area (Å²) in [6, 6.07) is 1.88. The molecular formula is C11H10F2N6. The van der Waals surface area contributed by atoms with Crippen LogP contribution in [0.2, 0.25) is 0 Å². The van der Waals surface area contributed by atoms with Crippen molar-refractivity contribution in [2.24, 2.45) is 0 Å². The molecule has 0 saturated heterocycles. The lowest BCUT2D eigenvalue weighted by Crippen LogP contribution is -1.99. The average molecular weight is 264 g/mol. The number of hydrogen-bond acceptors (Lipinski definition) is 4. The zero-order valence-electron chi connectivity index (χ0n) is 9.93. The number of aromatic nitrogens is 5. The Balaban J connectivity index is 1.91. The summed E-state index contributed by atoms with van der Waals surface area (Å²) in [7, 11) is 0. The molecule has 3 aromatic heterocycles. The van der Waals surface area contributed by atoms with Crippen molar-refractivity contribution in [3.8, 4) is 0 Å². The number of aryl methyl sites for hydroxylation is 1. The lowest BCUT2D eigenvalue weighted by molar-refractivity contribution is 0.0566. The summed E-state index contributed by atoms with van der Waals surface area (Å²) >= 11 is 0. The third-order valence-electron chi connectivity index (χ3n) is 2.66. The number of aromatic amines is 1. The van der Waals surface area contributed by atoms with Crippen molar-refractivity contribution < 1.29 is 8.78 Å². The second-order valence-electron chi connectivity index (χ2n) is 3.98. The molecule has 2 N–H and O–H groups in total. The Kier molecular flexibility index (Phi) is 2.62. The highest BCUT2D eigenvalue weighted by atomic mass is 19.3. The zero-order valence-corrected chi connectivity index (χ0v) is 9.93. The van der Waals surface area contributed by atoms with Crippen molar-refractivity contribution in [2.75, 3.05) is 5.32 Å². The minimum atomic E-state index is -2.66. The van der Waals surface area contributed by atoms with Crippen molar-refractivity contribution in [3.63, 3.8) is 0 Å². The average Bonchev–Trinajstić information content (AvgIpc) is 2.97. The number of anilines is 2. The number of H-pyrrole nitrogens is 1. The van der Waals surface area contributed by atoms with E-state index >= 15 is 0 Å². The minimum absolute atomic E-state index is 0.335. The van der Waals surface area contributed by atoms with Gasteiger partial charge in [0.1, 0.15) is 5.65 Å². The van der Waals surface area contributed by atoms with E-state index in [0.29, 0.717) is 22.0 Å². The summed E-state index contributed by atoms with van der Waals surface area (Å²) in [5.41, 5.74) is 1.90. The standard InChI is InChI=1S/C11H10F2N6/c1-6-8-2-3-14-9(8)18-11(16-6)17-7-4-15-19(5-7)10(12)13/h2-5,10H,1H3,(H2,14,16,17,18). The van der Waals surface area contributed by atoms with Gasteiger partial charge in [0.15, 0.2) is 0 Å². The molecule has 98 valence electrons. The molecule has 0 fully saturated rings. The van der Waals surface area contributed by atoms with E-state index in [1.807, 2.05) is 13.0 Å². The first-order chi connectivity index (χ1) is 9.13. The van der Waals surface area contributed by atoms with Gasteiger partial charge in [-0.1, -0.05) is 0 Å². The summed E-state index contributed by atoms with van der Waals surface area (Å²) in [6.45, 7) is -0.810. The Morgan fingerprint density at radius 2 is 2.21 bits per heavy atom. The smallest absolute Gasteiger partial charge is 0.333 e. The SMILES string of the molecule is Cc1nc(Nc2cnn(C(F)F)c2)nc2[nH]ccc12. The first-order valence-electron chi connectivity index (χ1n) is 5.54. The van der Waals surface area contributed by atoms with Crippen LogP contribution in [-0.4, -0.2) is 24.7 Å². The molecule has 3 heterocycles. The largest absolute Gasteiger partial charge is 0.346 e. The third-order valence-corrected chi connectivity index (χ3v) is 2.66. The van der Waals surface area contributed by atoms with Gasteiger partial charge in [0.2, 0.25) is 5.95 Å². The number of nitrogens with zero attached hydrogens (tertiary/aromatic N) is 4. The van der Waals surface area contributed by atoms with Crippen molar-refractivity contribution in [1.29, 1.82) is 0 Å². The fourth-order valence-corrected chi connectivity index (χ4v) is 1.79. The summed E-state index contributed by atoms with van der Waals surface area (Å²) in [6.07, 6.45) is 4.26. The van der Waals surface area contributed by atoms with E-state index in [9.17, 15) is 8.78 Å². The van der Waals surface area contributed by atoms with E-state index in [-0.39, 0.29) is 0 Å². The molecule has 19 heavy (non-hydrogen) atoms. The molecule has 0 aliphatic carbocycles. The number of halogens is 2. The molecule has 3 aromatic rings. The van der Waals surface area contributed by atoms with Crippen LogP contribution in [0.5, 0.6) is 0 Å². The molecule has 0 bridgehead atoms. The van der Waals surface area contributed by atoms with Crippen LogP contribution in [0.1, 0.15) is 12.2 Å². The predicted octanol–water partition coefficient (Wildman–Crippen LogP) is 2.60. The minimum Gasteiger partial charge on any atom is -0.346 e. The quantitative estimate of drug-likeness (QED) is 0.762. The molecule has 0 aromatic carbocycles. The summed E-state index contributed by atoms with van der Waals surface area (Å²) < 4.78 is 25.3. The Morgan fingerprint density at radius 3 is 2.95 bits per heavy atom. The van der Waals surface area contributed by atoms with E-state index in [4.69, 9.17) is 0 Å². The van der Waals surface area contributed by atoms with E-state index in [0.717, 1.165) is 11.1 Å². The van der Waals surface area contributed by atoms with Crippen LogP contribution < -0.4 is 5.32 Å². The molecule has 3 rings (SSSR count). The van der Waals surface area contributed by atoms with Gasteiger partial charge in [0.05, 0.1) is 23.8 Å². The first kappa shape index (κ1) is 11.6. The second kappa shape index (κ2) is 4.30. The highest BCUT2D eigenvalue weighted by molar-refractivity contribution is 5.79. The second-order valence-corrected chi connectivity index (χ2v) is 3.98. The van der Waals surface area contributed by atoms with Crippen LogP contribution in [-0.2, 0) is 0 Å². The number of alkyl halides is 2. The fraction of sp³-hybridized carbons (Fsp3) is 0.182. The first-order valence-corrected chi connectivity index (χ1v) is 5.54. The molecule has 0 radical (unpaired) electrons. The monoisotopic (exact) mass is 264 g/mol. The Labute approximate surface area is 106 Å². The van der Waals surface area contributed by atoms with Gasteiger partial charge < -0.3 is 10.3 Å². The lowest BCUT2D eigenvalue weighted by Gasteiger charge is -2.03. The maximum Gasteiger partial charge on any atom is 0.333 e. The molecule has 0 unspecified atom stereocenters. The number of nitrogens with one attached hydrogen (secondary N) is 2. The van der Waals surface area contributed by atoms with Gasteiger partial charge in [-0.05, 0) is 13.0 Å². The van der Waals surface area contributed by atoms with Gasteiger partial charge in [0.25, 0.3) is 0 Å². The molecule has 8 heteroatoms. The third kappa shape index (κ3) is 2.12. The molecule has 0 aliphatic rings. The molecule has 0 spiro atoms. The van der Waals surface area contributed by atoms with Gasteiger partial charge in [0, 0.05) is 11.6 Å². The van der Waals surface area contributed by atoms with E-state index in [1.165, 1.54) is 12.4 Å². The van der Waals surface area contributed by atoms with E-state index in [2.05, 4.69) is 25.4 Å². The van der Waals surface area contributed by atoms with Crippen LogP contribution in [0.4, 0.5) is 20.4 Å². The van der Waals surface area contributed by atoms with Gasteiger partial charge in [-0.3, -0.25) is 0 Å². The molecule has 0 amide bonds. The highest BCUT2D eigenvalue weighted by Gasteiger charge is 2.09. The van der Waals surface area contributed by atoms with Crippen molar-refractivity contribution in [1.82, 2.24) is 24.7 Å². The van der Waals surface area contributed by atoms with Crippen LogP contribution in [0.3, 0.4) is 0 Å². The number of hydrogen-bond donors (Lipinski definition) is 2. The summed E-state index contributed by atoms with van der Waals surface area (Å²) in [4.78, 5) is 11.5. The maximum atomic E-state index is 12.4. The normalized spacial score (nSPS) is 11.4. The van der Waals surface area contributed by atoms with Crippen molar-refractivity contribution in [2.45, 2.75) is 13.5 Å². The summed E-state index contributed by atoms with van der Waals surface area (Å²) in [5.74, 6) is 0.335. The van der Waals surface area contributed by atoms with Crippen molar-refractivity contribution in [3.05, 3.63) is 30.4 Å². The van der Waals surface area contributed by atoms with Gasteiger partial charge in [-0.15, -0.1) is 0 Å². The summed E-state index contributed by atoms with van der Waals surface area (Å²) in [5, 5.41) is 7.30. The molecule has 0 atom stereocenters. The molecular weight excluding hydrogens is 254 g/mol. The molecule has 6 nitrogen and oxygen atoms in total. The van der Waals surface area contributed by atoms with Crippen LogP contribution in [0, 0.1) is 6.92 Å². The predicted molar refractivity (Wildman–Crippen MR) is 65.4 cm³/mol. The topological polar surface area (TPSA) is 71.4 Å². The van der Waals surface area contributed by atoms with Crippen molar-refractivity contribution >= 4 is 22.7 Å². The Morgan fingerprint density at radius 1 is 1.37 bits per heavy atom. The van der Waals surface area contributed by atoms with Crippen LogP contribution in [0.25, 0.3) is 11.0 Å². The zero-order chi connectivity index (χ0) is 13.4. The highest BCUT2D eigenvalue weighted by Crippen LogP contribution is 2.19. The molecule has 0 saturated carbocycles. The van der Waals surface area contributed by atoms with E-state index in [1.54, 1.807) is 6.20 Å². The molecule has 0 aliphatic heterocycles. The van der Waals surface area contributed by atoms with Gasteiger partial charge in [-0.2, -0.15) is 18.9 Å². The van der Waals surface area contributed by atoms with Crippen LogP contribution in [0.15, 0.2) is 24.7 Å². The number of fused-ring (bicyclic) bond motifs is 1. The maximum absolute atomic E-state index is 12.4. The van der Waals surface area contributed by atoms with Crippen LogP contribution >= 0.6 is 0 Å².